The van der Waals surface area contributed by atoms with Gasteiger partial charge in [-0.25, -0.2) is 0 Å². The van der Waals surface area contributed by atoms with Crippen molar-refractivity contribution in [2.75, 3.05) is 0 Å². The predicted octanol–water partition coefficient (Wildman–Crippen LogP) is 8.32. The number of nitrogens with zero attached hydrogens (tertiary/aromatic N) is 2. The predicted molar refractivity (Wildman–Crippen MR) is 116 cm³/mol. The molecule has 1 fully saturated rings. The Labute approximate surface area is 181 Å². The maximum atomic E-state index is 5.16. The maximum absolute atomic E-state index is 5.16. The third-order valence-corrected chi connectivity index (χ3v) is 5.16. The summed E-state index contributed by atoms with van der Waals surface area (Å²) >= 11 is -0.556. The molecule has 0 radical (unpaired) electrons. The van der Waals surface area contributed by atoms with Crippen molar-refractivity contribution in [1.29, 1.82) is 0 Å². The van der Waals surface area contributed by atoms with E-state index in [1.54, 1.807) is 0 Å². The first-order valence-electron chi connectivity index (χ1n) is 9.48. The van der Waals surface area contributed by atoms with E-state index in [0.29, 0.717) is 12.1 Å². The van der Waals surface area contributed by atoms with E-state index in [-0.39, 0.29) is 0 Å². The number of rotatable bonds is 4. The summed E-state index contributed by atoms with van der Waals surface area (Å²) in [6.45, 7) is 8.64. The molecular formula is C22H28Cl2N2Ti-2. The zero-order valence-electron chi connectivity index (χ0n) is 16.6. The van der Waals surface area contributed by atoms with Crippen LogP contribution in [-0.4, -0.2) is 12.1 Å². The Hall–Kier alpha value is -0.666. The Morgan fingerprint density at radius 2 is 1.00 bits per heavy atom. The molecule has 0 amide bonds. The molecule has 0 saturated heterocycles. The quantitative estimate of drug-likeness (QED) is 0.429. The Kier molecular flexibility index (Phi) is 9.52. The summed E-state index contributed by atoms with van der Waals surface area (Å²) in [5.41, 5.74) is 7.42. The number of halogens is 2. The van der Waals surface area contributed by atoms with Gasteiger partial charge in [-0.3, -0.25) is 0 Å². The summed E-state index contributed by atoms with van der Waals surface area (Å²) in [7, 11) is 9.78. The first kappa shape index (κ1) is 22.6. The molecule has 1 aliphatic carbocycles. The zero-order chi connectivity index (χ0) is 19.8. The molecule has 2 unspecified atom stereocenters. The molecule has 1 saturated carbocycles. The molecule has 0 heterocycles. The second-order valence-electron chi connectivity index (χ2n) is 7.23. The monoisotopic (exact) mass is 438 g/mol. The van der Waals surface area contributed by atoms with Gasteiger partial charge in [-0.05, 0) is 27.7 Å². The van der Waals surface area contributed by atoms with E-state index >= 15 is 0 Å². The molecule has 1 aliphatic rings. The molecular weight excluding hydrogens is 411 g/mol. The van der Waals surface area contributed by atoms with Gasteiger partial charge in [0, 0.05) is 0 Å². The van der Waals surface area contributed by atoms with Gasteiger partial charge in [-0.1, -0.05) is 84.3 Å². The molecule has 0 N–H and O–H groups in total. The number of benzene rings is 2. The molecule has 146 valence electrons. The molecule has 3 rings (SSSR count). The van der Waals surface area contributed by atoms with Crippen molar-refractivity contribution in [3.63, 3.8) is 0 Å². The van der Waals surface area contributed by atoms with Gasteiger partial charge in [-0.15, -0.1) is 23.5 Å². The first-order chi connectivity index (χ1) is 13.0. The van der Waals surface area contributed by atoms with Gasteiger partial charge >= 0.3 is 35.6 Å². The zero-order valence-corrected chi connectivity index (χ0v) is 19.7. The van der Waals surface area contributed by atoms with Crippen molar-refractivity contribution in [3.05, 3.63) is 69.3 Å². The van der Waals surface area contributed by atoms with Gasteiger partial charge < -0.3 is 10.6 Å². The van der Waals surface area contributed by atoms with Crippen molar-refractivity contribution in [2.24, 2.45) is 0 Å². The van der Waals surface area contributed by atoms with Crippen molar-refractivity contribution in [2.45, 2.75) is 65.5 Å². The summed E-state index contributed by atoms with van der Waals surface area (Å²) in [6, 6.07) is 13.5. The van der Waals surface area contributed by atoms with Crippen molar-refractivity contribution < 1.29 is 17.0 Å². The van der Waals surface area contributed by atoms with E-state index in [0.717, 1.165) is 12.8 Å². The van der Waals surface area contributed by atoms with Crippen LogP contribution in [0.1, 0.15) is 47.9 Å². The van der Waals surface area contributed by atoms with E-state index in [9.17, 15) is 0 Å². The van der Waals surface area contributed by atoms with Crippen LogP contribution in [0.2, 0.25) is 0 Å². The Morgan fingerprint density at radius 3 is 1.30 bits per heavy atom. The molecule has 0 aliphatic heterocycles. The summed E-state index contributed by atoms with van der Waals surface area (Å²) in [6.07, 6.45) is 4.81. The summed E-state index contributed by atoms with van der Waals surface area (Å²) in [5, 5.41) is 10.3. The fourth-order valence-corrected chi connectivity index (χ4v) is 3.74. The average molecular weight is 439 g/mol. The minimum atomic E-state index is -0.556. The second kappa shape index (κ2) is 11.4. The fourth-order valence-electron chi connectivity index (χ4n) is 3.74. The van der Waals surface area contributed by atoms with E-state index in [1.807, 2.05) is 0 Å². The standard InChI is InChI=1S/C22H28N2.2ClH.Ti/c1-15-9-7-10-16(2)21(15)23-19-13-5-6-14-20(19)24-22-17(3)11-8-12-18(22)4;;;/h7-12,19-20H,5-6,13-14H2,1-4H3;2*1H;/q-2;;;+2/p-2. The van der Waals surface area contributed by atoms with Gasteiger partial charge in [0.05, 0.1) is 0 Å². The summed E-state index contributed by atoms with van der Waals surface area (Å²) < 4.78 is 0. The van der Waals surface area contributed by atoms with Crippen LogP contribution in [0.5, 0.6) is 0 Å². The summed E-state index contributed by atoms with van der Waals surface area (Å²) in [5.74, 6) is 0. The summed E-state index contributed by atoms with van der Waals surface area (Å²) in [4.78, 5) is 0. The van der Waals surface area contributed by atoms with Crippen molar-refractivity contribution in [3.8, 4) is 0 Å². The van der Waals surface area contributed by atoms with Crippen LogP contribution in [-0.2, 0) is 17.0 Å². The molecule has 2 nitrogen and oxygen atoms in total. The molecule has 27 heavy (non-hydrogen) atoms. The van der Waals surface area contributed by atoms with Crippen molar-refractivity contribution in [1.82, 2.24) is 0 Å². The average Bonchev–Trinajstić information content (AvgIpc) is 2.63. The second-order valence-corrected chi connectivity index (χ2v) is 9.81. The number of hydrogen-bond acceptors (Lipinski definition) is 0. The van der Waals surface area contributed by atoms with Gasteiger partial charge in [-0.2, -0.15) is 0 Å². The van der Waals surface area contributed by atoms with Crippen LogP contribution < -0.4 is 0 Å². The Morgan fingerprint density at radius 1 is 0.704 bits per heavy atom. The molecule has 5 heteroatoms. The number of para-hydroxylation sites is 2. The van der Waals surface area contributed by atoms with Crippen LogP contribution >= 0.6 is 18.6 Å². The Balaban J connectivity index is 0.000000817. The minimum absolute atomic E-state index is 0.303. The number of aryl methyl sites for hydroxylation is 4. The van der Waals surface area contributed by atoms with E-state index in [1.165, 1.54) is 46.5 Å². The van der Waals surface area contributed by atoms with Crippen LogP contribution in [0.25, 0.3) is 10.6 Å². The fraction of sp³-hybridized carbons (Fsp3) is 0.455. The Bertz CT molecular complexity index is 634. The molecule has 2 atom stereocenters. The van der Waals surface area contributed by atoms with Crippen LogP contribution in [0, 0.1) is 27.7 Å². The van der Waals surface area contributed by atoms with Crippen LogP contribution in [0.15, 0.2) is 36.4 Å². The van der Waals surface area contributed by atoms with Gasteiger partial charge in [0.1, 0.15) is 0 Å². The van der Waals surface area contributed by atoms with Gasteiger partial charge in [0.2, 0.25) is 0 Å². The third kappa shape index (κ3) is 6.43. The molecule has 0 spiro atoms. The molecule has 0 aromatic heterocycles. The first-order valence-corrected chi connectivity index (χ1v) is 13.8. The van der Waals surface area contributed by atoms with E-state index in [2.05, 4.69) is 64.1 Å². The van der Waals surface area contributed by atoms with Gasteiger partial charge in [0.15, 0.2) is 0 Å². The third-order valence-electron chi connectivity index (χ3n) is 5.16. The SMILES string of the molecule is Cc1cccc(C)c1[N-]C1CCCCC1[N-]c1c(C)cccc1C.[Cl][Ti][Cl]. The van der Waals surface area contributed by atoms with Crippen molar-refractivity contribution >= 4 is 30.0 Å². The van der Waals surface area contributed by atoms with Crippen LogP contribution in [0.3, 0.4) is 0 Å². The van der Waals surface area contributed by atoms with Gasteiger partial charge in [0.25, 0.3) is 0 Å². The normalized spacial score (nSPS) is 18.9. The van der Waals surface area contributed by atoms with E-state index in [4.69, 9.17) is 29.2 Å². The van der Waals surface area contributed by atoms with E-state index < -0.39 is 17.0 Å². The topological polar surface area (TPSA) is 28.2 Å². The molecule has 0 bridgehead atoms. The van der Waals surface area contributed by atoms with Crippen LogP contribution in [0.4, 0.5) is 11.4 Å². The number of hydrogen-bond donors (Lipinski definition) is 0. The molecule has 2 aromatic rings. The molecule has 2 aromatic carbocycles.